The lowest BCUT2D eigenvalue weighted by molar-refractivity contribution is -0.145. The maximum Gasteiger partial charge on any atom is 0.320 e. The Bertz CT molecular complexity index is 644. The predicted octanol–water partition coefficient (Wildman–Crippen LogP) is 4.54. The maximum atomic E-state index is 11.7. The summed E-state index contributed by atoms with van der Waals surface area (Å²) in [5, 5.41) is 11.7. The average molecular weight is 380 g/mol. The van der Waals surface area contributed by atoms with Gasteiger partial charge in [-0.3, -0.25) is 9.69 Å². The molecule has 2 heterocycles. The highest BCUT2D eigenvalue weighted by Crippen LogP contribution is 2.37. The second-order valence-electron chi connectivity index (χ2n) is 5.56. The Hall–Kier alpha value is -1.17. The molecule has 22 heavy (non-hydrogen) atoms. The number of aliphatic carboxylic acids is 1. The fourth-order valence-corrected chi connectivity index (χ4v) is 4.46. The van der Waals surface area contributed by atoms with Gasteiger partial charge in [-0.2, -0.15) is 0 Å². The van der Waals surface area contributed by atoms with Gasteiger partial charge in [0.25, 0.3) is 0 Å². The average Bonchev–Trinajstić information content (AvgIpc) is 3.02. The number of nitrogens with zero attached hydrogens (tertiary/aromatic N) is 1. The highest BCUT2D eigenvalue weighted by atomic mass is 79.9. The van der Waals surface area contributed by atoms with Crippen molar-refractivity contribution in [2.24, 2.45) is 0 Å². The molecule has 0 spiro atoms. The Labute approximate surface area is 142 Å². The fraction of sp³-hybridized carbons (Fsp3) is 0.353. The maximum absolute atomic E-state index is 11.7. The Morgan fingerprint density at radius 1 is 1.32 bits per heavy atom. The zero-order valence-electron chi connectivity index (χ0n) is 12.1. The molecule has 2 unspecified atom stereocenters. The highest BCUT2D eigenvalue weighted by molar-refractivity contribution is 9.10. The standard InChI is InChI=1S/C17H18BrNO2S/c18-13-6-3-5-12(11-13)16(15-8-4-10-22-15)19-9-2-1-7-14(19)17(20)21/h3-6,8,10-11,14,16H,1-2,7,9H2,(H,20,21). The van der Waals surface area contributed by atoms with Crippen molar-refractivity contribution < 1.29 is 9.90 Å². The van der Waals surface area contributed by atoms with Gasteiger partial charge in [0.05, 0.1) is 6.04 Å². The van der Waals surface area contributed by atoms with Gasteiger partial charge in [0.2, 0.25) is 0 Å². The van der Waals surface area contributed by atoms with Crippen LogP contribution in [-0.2, 0) is 4.79 Å². The molecular formula is C17H18BrNO2S. The van der Waals surface area contributed by atoms with Gasteiger partial charge >= 0.3 is 5.97 Å². The molecule has 0 radical (unpaired) electrons. The summed E-state index contributed by atoms with van der Waals surface area (Å²) in [4.78, 5) is 15.0. The summed E-state index contributed by atoms with van der Waals surface area (Å²) in [6.07, 6.45) is 2.77. The Balaban J connectivity index is 2.03. The van der Waals surface area contributed by atoms with E-state index in [1.165, 1.54) is 4.88 Å². The van der Waals surface area contributed by atoms with Crippen LogP contribution in [0.5, 0.6) is 0 Å². The second kappa shape index (κ2) is 6.94. The molecule has 1 aromatic heterocycles. The minimum absolute atomic E-state index is 0.0129. The monoisotopic (exact) mass is 379 g/mol. The number of thiophene rings is 1. The zero-order chi connectivity index (χ0) is 15.5. The van der Waals surface area contributed by atoms with E-state index >= 15 is 0 Å². The summed E-state index contributed by atoms with van der Waals surface area (Å²) in [7, 11) is 0. The molecule has 2 atom stereocenters. The first-order valence-electron chi connectivity index (χ1n) is 7.44. The number of piperidine rings is 1. The largest absolute Gasteiger partial charge is 0.480 e. The van der Waals surface area contributed by atoms with Crippen molar-refractivity contribution in [2.45, 2.75) is 31.3 Å². The van der Waals surface area contributed by atoms with Crippen LogP contribution in [0.3, 0.4) is 0 Å². The normalized spacial score (nSPS) is 20.7. The fourth-order valence-electron chi connectivity index (χ4n) is 3.17. The topological polar surface area (TPSA) is 40.5 Å². The lowest BCUT2D eigenvalue weighted by atomic mass is 9.95. The van der Waals surface area contributed by atoms with Crippen LogP contribution in [0.2, 0.25) is 0 Å². The van der Waals surface area contributed by atoms with Crippen molar-refractivity contribution in [2.75, 3.05) is 6.54 Å². The van der Waals surface area contributed by atoms with Gasteiger partial charge in [-0.05, 0) is 48.5 Å². The molecule has 116 valence electrons. The SMILES string of the molecule is O=C(O)C1CCCCN1C(c1cccc(Br)c1)c1cccs1. The summed E-state index contributed by atoms with van der Waals surface area (Å²) in [5.41, 5.74) is 1.14. The highest BCUT2D eigenvalue weighted by Gasteiger charge is 2.35. The second-order valence-corrected chi connectivity index (χ2v) is 7.46. The number of rotatable bonds is 4. The van der Waals surface area contributed by atoms with Gasteiger partial charge in [-0.25, -0.2) is 0 Å². The van der Waals surface area contributed by atoms with Crippen molar-refractivity contribution in [1.82, 2.24) is 4.90 Å². The van der Waals surface area contributed by atoms with Gasteiger partial charge in [-0.15, -0.1) is 11.3 Å². The molecule has 1 aromatic carbocycles. The predicted molar refractivity (Wildman–Crippen MR) is 92.3 cm³/mol. The van der Waals surface area contributed by atoms with E-state index in [0.29, 0.717) is 0 Å². The molecule has 0 aliphatic carbocycles. The number of carboxylic acid groups (broad SMARTS) is 1. The lowest BCUT2D eigenvalue weighted by Gasteiger charge is -2.39. The van der Waals surface area contributed by atoms with Gasteiger partial charge < -0.3 is 5.11 Å². The number of benzene rings is 1. The van der Waals surface area contributed by atoms with E-state index in [-0.39, 0.29) is 6.04 Å². The Morgan fingerprint density at radius 2 is 2.18 bits per heavy atom. The first kappa shape index (κ1) is 15.7. The van der Waals surface area contributed by atoms with E-state index in [0.717, 1.165) is 35.8 Å². The van der Waals surface area contributed by atoms with E-state index < -0.39 is 12.0 Å². The number of hydrogen-bond donors (Lipinski definition) is 1. The molecule has 0 bridgehead atoms. The molecule has 3 nitrogen and oxygen atoms in total. The van der Waals surface area contributed by atoms with E-state index in [9.17, 15) is 9.90 Å². The Kier molecular flexibility index (Phi) is 4.96. The van der Waals surface area contributed by atoms with Crippen molar-refractivity contribution in [3.8, 4) is 0 Å². The van der Waals surface area contributed by atoms with Gasteiger partial charge in [-0.1, -0.05) is 40.5 Å². The van der Waals surface area contributed by atoms with Gasteiger partial charge in [0.15, 0.2) is 0 Å². The molecule has 1 saturated heterocycles. The van der Waals surface area contributed by atoms with Crippen LogP contribution in [0.25, 0.3) is 0 Å². The summed E-state index contributed by atoms with van der Waals surface area (Å²) < 4.78 is 1.02. The molecule has 1 aliphatic rings. The van der Waals surface area contributed by atoms with Crippen molar-refractivity contribution in [1.29, 1.82) is 0 Å². The summed E-state index contributed by atoms with van der Waals surface area (Å²) in [6, 6.07) is 11.9. The molecule has 1 fully saturated rings. The lowest BCUT2D eigenvalue weighted by Crippen LogP contribution is -2.46. The smallest absolute Gasteiger partial charge is 0.320 e. The van der Waals surface area contributed by atoms with Crippen LogP contribution in [0.4, 0.5) is 0 Å². The van der Waals surface area contributed by atoms with Crippen LogP contribution in [0, 0.1) is 0 Å². The van der Waals surface area contributed by atoms with Gasteiger partial charge in [0, 0.05) is 9.35 Å². The number of likely N-dealkylation sites (tertiary alicyclic amines) is 1. The third-order valence-electron chi connectivity index (χ3n) is 4.14. The van der Waals surface area contributed by atoms with Crippen LogP contribution < -0.4 is 0 Å². The summed E-state index contributed by atoms with van der Waals surface area (Å²) >= 11 is 5.22. The number of carboxylic acids is 1. The summed E-state index contributed by atoms with van der Waals surface area (Å²) in [5.74, 6) is -0.712. The van der Waals surface area contributed by atoms with Crippen molar-refractivity contribution in [3.63, 3.8) is 0 Å². The number of halogens is 1. The van der Waals surface area contributed by atoms with Crippen LogP contribution in [-0.4, -0.2) is 28.6 Å². The Morgan fingerprint density at radius 3 is 2.86 bits per heavy atom. The van der Waals surface area contributed by atoms with Crippen LogP contribution >= 0.6 is 27.3 Å². The van der Waals surface area contributed by atoms with E-state index in [1.807, 2.05) is 18.2 Å². The molecular weight excluding hydrogens is 362 g/mol. The van der Waals surface area contributed by atoms with Crippen molar-refractivity contribution >= 4 is 33.2 Å². The zero-order valence-corrected chi connectivity index (χ0v) is 14.5. The molecule has 3 rings (SSSR count). The molecule has 0 saturated carbocycles. The molecule has 2 aromatic rings. The molecule has 0 amide bonds. The van der Waals surface area contributed by atoms with Gasteiger partial charge in [0.1, 0.15) is 6.04 Å². The van der Waals surface area contributed by atoms with E-state index in [4.69, 9.17) is 0 Å². The minimum Gasteiger partial charge on any atom is -0.480 e. The minimum atomic E-state index is -0.712. The van der Waals surface area contributed by atoms with Crippen LogP contribution in [0.1, 0.15) is 35.7 Å². The van der Waals surface area contributed by atoms with Crippen molar-refractivity contribution in [3.05, 3.63) is 56.7 Å². The van der Waals surface area contributed by atoms with E-state index in [2.05, 4.69) is 44.4 Å². The first-order valence-corrected chi connectivity index (χ1v) is 9.11. The van der Waals surface area contributed by atoms with Crippen LogP contribution in [0.15, 0.2) is 46.3 Å². The summed E-state index contributed by atoms with van der Waals surface area (Å²) in [6.45, 7) is 0.825. The molecule has 5 heteroatoms. The third kappa shape index (κ3) is 3.26. The van der Waals surface area contributed by atoms with E-state index in [1.54, 1.807) is 11.3 Å². The quantitative estimate of drug-likeness (QED) is 0.847. The number of hydrogen-bond acceptors (Lipinski definition) is 3. The third-order valence-corrected chi connectivity index (χ3v) is 5.56. The molecule has 1 N–H and O–H groups in total. The molecule has 1 aliphatic heterocycles. The first-order chi connectivity index (χ1) is 10.7. The number of carbonyl (C=O) groups is 1.